The molecular weight excluding hydrogens is 391 g/mol. The second kappa shape index (κ2) is 9.37. The van der Waals surface area contributed by atoms with Gasteiger partial charge in [0.15, 0.2) is 0 Å². The van der Waals surface area contributed by atoms with E-state index in [4.69, 9.17) is 9.47 Å². The molecule has 0 N–H and O–H groups in total. The Morgan fingerprint density at radius 3 is 2.45 bits per heavy atom. The van der Waals surface area contributed by atoms with Crippen molar-refractivity contribution in [2.45, 2.75) is 57.6 Å². The van der Waals surface area contributed by atoms with E-state index < -0.39 is 5.60 Å². The van der Waals surface area contributed by atoms with Gasteiger partial charge in [0.1, 0.15) is 11.4 Å². The summed E-state index contributed by atoms with van der Waals surface area (Å²) in [4.78, 5) is 4.67. The van der Waals surface area contributed by atoms with Crippen LogP contribution >= 0.6 is 0 Å². The molecule has 2 aromatic rings. The van der Waals surface area contributed by atoms with E-state index in [1.165, 1.54) is 16.7 Å². The summed E-state index contributed by atoms with van der Waals surface area (Å²) in [6.07, 6.45) is 2.42. The Balaban J connectivity index is 1.59. The Morgan fingerprint density at radius 1 is 1.06 bits per heavy atom. The number of hydrogen-bond acceptors (Lipinski definition) is 4. The largest absolute Gasteiger partial charge is 0.373 e. The summed E-state index contributed by atoms with van der Waals surface area (Å²) in [7, 11) is 4.18. The summed E-state index contributed by atoms with van der Waals surface area (Å²) in [5, 5.41) is 0. The van der Waals surface area contributed by atoms with E-state index in [0.717, 1.165) is 44.6 Å². The molecule has 0 bridgehead atoms. The minimum atomic E-state index is -0.500. The van der Waals surface area contributed by atoms with Crippen molar-refractivity contribution in [3.8, 4) is 0 Å². The lowest BCUT2D eigenvalue weighted by molar-refractivity contribution is -0.0704. The quantitative estimate of drug-likeness (QED) is 0.649. The van der Waals surface area contributed by atoms with Crippen molar-refractivity contribution in [3.63, 3.8) is 0 Å². The highest BCUT2D eigenvalue weighted by Gasteiger charge is 2.41. The highest BCUT2D eigenvalue weighted by molar-refractivity contribution is 5.45. The van der Waals surface area contributed by atoms with Gasteiger partial charge in [-0.05, 0) is 81.7 Å². The van der Waals surface area contributed by atoms with Gasteiger partial charge in [0.05, 0.1) is 18.8 Å². The number of morpholine rings is 1. The number of nitrogens with zero attached hydrogens (tertiary/aromatic N) is 2. The molecule has 0 spiro atoms. The van der Waals surface area contributed by atoms with Crippen molar-refractivity contribution in [2.24, 2.45) is 0 Å². The van der Waals surface area contributed by atoms with E-state index in [9.17, 15) is 4.39 Å². The molecule has 5 heteroatoms. The predicted molar refractivity (Wildman–Crippen MR) is 121 cm³/mol. The maximum atomic E-state index is 13.6. The molecule has 1 fully saturated rings. The summed E-state index contributed by atoms with van der Waals surface area (Å²) >= 11 is 0. The summed E-state index contributed by atoms with van der Waals surface area (Å²) < 4.78 is 26.0. The standard InChI is InChI=1S/C26H35FN2O2/c1-19-15-29(16-20(2)31-19)17-21-6-11-25-22(14-21)18-30-26(25,12-5-13-28(3)4)23-7-9-24(27)10-8-23/h6-11,14,19-20H,5,12-13,15-18H2,1-4H3. The summed E-state index contributed by atoms with van der Waals surface area (Å²) in [6.45, 7) is 8.72. The van der Waals surface area contributed by atoms with Gasteiger partial charge in [-0.15, -0.1) is 0 Å². The van der Waals surface area contributed by atoms with Crippen molar-refractivity contribution >= 4 is 0 Å². The van der Waals surface area contributed by atoms with Crippen LogP contribution in [-0.4, -0.2) is 55.7 Å². The SMILES string of the molecule is CC1CN(Cc2ccc3c(c2)COC3(CCCN(C)C)c2ccc(F)cc2)CC(C)O1. The summed E-state index contributed by atoms with van der Waals surface area (Å²) in [5.41, 5.74) is 4.33. The lowest BCUT2D eigenvalue weighted by Crippen LogP contribution is -2.44. The van der Waals surface area contributed by atoms with Crippen LogP contribution in [0.15, 0.2) is 42.5 Å². The van der Waals surface area contributed by atoms with E-state index in [0.29, 0.717) is 6.61 Å². The van der Waals surface area contributed by atoms with Crippen molar-refractivity contribution in [1.29, 1.82) is 0 Å². The zero-order valence-electron chi connectivity index (χ0n) is 19.2. The molecule has 2 heterocycles. The molecule has 4 rings (SSSR count). The van der Waals surface area contributed by atoms with Crippen LogP contribution in [0.1, 0.15) is 48.9 Å². The Morgan fingerprint density at radius 2 is 1.77 bits per heavy atom. The lowest BCUT2D eigenvalue weighted by Gasteiger charge is -2.35. The first-order chi connectivity index (χ1) is 14.9. The number of halogens is 1. The van der Waals surface area contributed by atoms with Gasteiger partial charge in [0.2, 0.25) is 0 Å². The molecule has 0 aromatic heterocycles. The second-order valence-corrected chi connectivity index (χ2v) is 9.47. The molecule has 0 aliphatic carbocycles. The minimum Gasteiger partial charge on any atom is -0.373 e. The van der Waals surface area contributed by atoms with Crippen LogP contribution in [0.3, 0.4) is 0 Å². The third-order valence-corrected chi connectivity index (χ3v) is 6.42. The summed E-state index contributed by atoms with van der Waals surface area (Å²) in [6, 6.07) is 13.6. The van der Waals surface area contributed by atoms with Crippen molar-refractivity contribution in [3.05, 3.63) is 70.5 Å². The molecule has 0 amide bonds. The van der Waals surface area contributed by atoms with Gasteiger partial charge in [0.25, 0.3) is 0 Å². The third kappa shape index (κ3) is 5.01. The summed E-state index contributed by atoms with van der Waals surface area (Å²) in [5.74, 6) is -0.213. The molecule has 2 aliphatic heterocycles. The van der Waals surface area contributed by atoms with Crippen molar-refractivity contribution < 1.29 is 13.9 Å². The average molecular weight is 427 g/mol. The van der Waals surface area contributed by atoms with Gasteiger partial charge in [-0.25, -0.2) is 4.39 Å². The Labute approximate surface area is 185 Å². The fourth-order valence-corrected chi connectivity index (χ4v) is 5.16. The van der Waals surface area contributed by atoms with Gasteiger partial charge in [-0.2, -0.15) is 0 Å². The van der Waals surface area contributed by atoms with Gasteiger partial charge >= 0.3 is 0 Å². The van der Waals surface area contributed by atoms with Crippen LogP contribution in [0.5, 0.6) is 0 Å². The van der Waals surface area contributed by atoms with Crippen molar-refractivity contribution in [2.75, 3.05) is 33.7 Å². The second-order valence-electron chi connectivity index (χ2n) is 9.47. The van der Waals surface area contributed by atoms with Crippen LogP contribution in [0.4, 0.5) is 4.39 Å². The predicted octanol–water partition coefficient (Wildman–Crippen LogP) is 4.55. The first kappa shape index (κ1) is 22.4. The maximum absolute atomic E-state index is 13.6. The molecule has 3 unspecified atom stereocenters. The van der Waals surface area contributed by atoms with Crippen LogP contribution in [0, 0.1) is 5.82 Å². The Bertz CT molecular complexity index is 875. The highest BCUT2D eigenvalue weighted by Crippen LogP contribution is 2.45. The highest BCUT2D eigenvalue weighted by atomic mass is 19.1. The van der Waals surface area contributed by atoms with Crippen LogP contribution < -0.4 is 0 Å². The molecule has 2 aliphatic rings. The van der Waals surface area contributed by atoms with E-state index in [2.05, 4.69) is 55.9 Å². The van der Waals surface area contributed by atoms with Crippen LogP contribution in [-0.2, 0) is 28.2 Å². The number of ether oxygens (including phenoxy) is 2. The molecule has 168 valence electrons. The molecule has 0 saturated carbocycles. The van der Waals surface area contributed by atoms with Crippen LogP contribution in [0.25, 0.3) is 0 Å². The smallest absolute Gasteiger partial charge is 0.123 e. The fraction of sp³-hybridized carbons (Fsp3) is 0.538. The number of fused-ring (bicyclic) bond motifs is 1. The zero-order valence-corrected chi connectivity index (χ0v) is 19.2. The fourth-order valence-electron chi connectivity index (χ4n) is 5.16. The molecule has 1 saturated heterocycles. The van der Waals surface area contributed by atoms with Gasteiger partial charge in [-0.1, -0.05) is 30.3 Å². The average Bonchev–Trinajstić information content (AvgIpc) is 3.06. The first-order valence-corrected chi connectivity index (χ1v) is 11.4. The number of benzene rings is 2. The minimum absolute atomic E-state index is 0.213. The van der Waals surface area contributed by atoms with E-state index >= 15 is 0 Å². The molecule has 2 aromatic carbocycles. The van der Waals surface area contributed by atoms with Gasteiger partial charge in [-0.3, -0.25) is 4.90 Å². The molecule has 4 nitrogen and oxygen atoms in total. The zero-order chi connectivity index (χ0) is 22.0. The van der Waals surface area contributed by atoms with Gasteiger partial charge in [0, 0.05) is 19.6 Å². The van der Waals surface area contributed by atoms with E-state index in [-0.39, 0.29) is 18.0 Å². The maximum Gasteiger partial charge on any atom is 0.123 e. The van der Waals surface area contributed by atoms with Crippen molar-refractivity contribution in [1.82, 2.24) is 9.80 Å². The molecular formula is C26H35FN2O2. The van der Waals surface area contributed by atoms with Crippen LogP contribution in [0.2, 0.25) is 0 Å². The Hall–Kier alpha value is -1.79. The molecule has 3 atom stereocenters. The normalized spacial score (nSPS) is 26.4. The third-order valence-electron chi connectivity index (χ3n) is 6.42. The first-order valence-electron chi connectivity index (χ1n) is 11.4. The number of hydrogen-bond donors (Lipinski definition) is 0. The number of rotatable bonds is 7. The monoisotopic (exact) mass is 426 g/mol. The van der Waals surface area contributed by atoms with E-state index in [1.807, 2.05) is 12.1 Å². The van der Waals surface area contributed by atoms with Gasteiger partial charge < -0.3 is 14.4 Å². The molecule has 0 radical (unpaired) electrons. The lowest BCUT2D eigenvalue weighted by atomic mass is 9.81. The van der Waals surface area contributed by atoms with E-state index in [1.54, 1.807) is 12.1 Å². The molecule has 31 heavy (non-hydrogen) atoms. The topological polar surface area (TPSA) is 24.9 Å². The Kier molecular flexibility index (Phi) is 6.77.